The summed E-state index contributed by atoms with van der Waals surface area (Å²) in [4.78, 5) is 0. The van der Waals surface area contributed by atoms with Gasteiger partial charge >= 0.3 is 0 Å². The highest BCUT2D eigenvalue weighted by molar-refractivity contribution is 5.80. The molecule has 4 rings (SSSR count). The first-order valence-corrected chi connectivity index (χ1v) is 12.7. The van der Waals surface area contributed by atoms with Gasteiger partial charge in [-0.1, -0.05) is 54.4 Å². The van der Waals surface area contributed by atoms with E-state index in [9.17, 15) is 20.4 Å². The van der Waals surface area contributed by atoms with Crippen molar-refractivity contribution in [1.29, 1.82) is 0 Å². The van der Waals surface area contributed by atoms with E-state index in [1.54, 1.807) is 13.8 Å². The molecule has 2 atom stereocenters. The minimum atomic E-state index is -0.286. The lowest BCUT2D eigenvalue weighted by atomic mass is 9.63. The lowest BCUT2D eigenvalue weighted by molar-refractivity contribution is 0.217. The Morgan fingerprint density at radius 3 is 1.12 bits per heavy atom. The van der Waals surface area contributed by atoms with E-state index in [4.69, 9.17) is 0 Å². The van der Waals surface area contributed by atoms with Crippen molar-refractivity contribution in [3.63, 3.8) is 0 Å². The first-order valence-electron chi connectivity index (χ1n) is 12.7. The molecular formula is C30H42O4. The van der Waals surface area contributed by atoms with Crippen molar-refractivity contribution >= 4 is 0 Å². The zero-order chi connectivity index (χ0) is 25.4. The van der Waals surface area contributed by atoms with Crippen molar-refractivity contribution in [3.8, 4) is 34.1 Å². The number of hydrogen-bond acceptors (Lipinski definition) is 4. The van der Waals surface area contributed by atoms with Crippen molar-refractivity contribution in [2.75, 3.05) is 0 Å². The number of hydrogen-bond donors (Lipinski definition) is 4. The summed E-state index contributed by atoms with van der Waals surface area (Å²) in [6.07, 6.45) is 6.14. The Kier molecular flexibility index (Phi) is 5.51. The summed E-state index contributed by atoms with van der Waals surface area (Å²) in [5, 5.41) is 44.2. The van der Waals surface area contributed by atoms with Gasteiger partial charge < -0.3 is 20.4 Å². The molecule has 0 radical (unpaired) electrons. The van der Waals surface area contributed by atoms with Crippen LogP contribution >= 0.6 is 0 Å². The first-order chi connectivity index (χ1) is 15.6. The van der Waals surface area contributed by atoms with E-state index >= 15 is 0 Å². The topological polar surface area (TPSA) is 80.9 Å². The van der Waals surface area contributed by atoms with E-state index in [-0.39, 0.29) is 44.7 Å². The van der Waals surface area contributed by atoms with Crippen molar-refractivity contribution in [2.24, 2.45) is 10.8 Å². The van der Waals surface area contributed by atoms with Gasteiger partial charge in [-0.15, -0.1) is 0 Å². The second-order valence-electron chi connectivity index (χ2n) is 12.7. The smallest absolute Gasteiger partial charge is 0.161 e. The normalized spacial score (nSPS) is 27.9. The standard InChI is InChI=1S/C30H42O4/c1-17-19(15-21(25(33)23(17)31)29(7)13-9-11-27(29,3)4)20-16-22(26(34)24(32)18(20)2)30(8)14-10-12-28(30,5)6/h15-16,31-34H,9-14H2,1-8H3/t29-,30-/m1/s1. The van der Waals surface area contributed by atoms with E-state index in [1.165, 1.54) is 0 Å². The maximum atomic E-state index is 11.1. The third-order valence-corrected chi connectivity index (χ3v) is 10.5. The summed E-state index contributed by atoms with van der Waals surface area (Å²) in [6.45, 7) is 16.9. The summed E-state index contributed by atoms with van der Waals surface area (Å²) in [5.41, 5.74) is 3.64. The van der Waals surface area contributed by atoms with Crippen LogP contribution in [0.3, 0.4) is 0 Å². The molecule has 0 unspecified atom stereocenters. The van der Waals surface area contributed by atoms with Crippen LogP contribution in [0.2, 0.25) is 0 Å². The van der Waals surface area contributed by atoms with Gasteiger partial charge in [0.05, 0.1) is 0 Å². The second-order valence-corrected chi connectivity index (χ2v) is 12.7. The Morgan fingerprint density at radius 1 is 0.529 bits per heavy atom. The molecule has 4 nitrogen and oxygen atoms in total. The van der Waals surface area contributed by atoms with Gasteiger partial charge in [-0.25, -0.2) is 0 Å². The fraction of sp³-hybridized carbons (Fsp3) is 0.600. The molecule has 2 aliphatic rings. The Bertz CT molecular complexity index is 1070. The second kappa shape index (κ2) is 7.57. The van der Waals surface area contributed by atoms with Gasteiger partial charge in [0, 0.05) is 33.1 Å². The Balaban J connectivity index is 2.01. The van der Waals surface area contributed by atoms with Gasteiger partial charge in [0.2, 0.25) is 0 Å². The van der Waals surface area contributed by atoms with Crippen LogP contribution in [-0.4, -0.2) is 20.4 Å². The SMILES string of the molecule is Cc1c(-c2cc([C@@]3(C)CCCC3(C)C)c(O)c(O)c2C)cc([C@@]2(C)CCCC2(C)C)c(O)c1O. The summed E-state index contributed by atoms with van der Waals surface area (Å²) >= 11 is 0. The van der Waals surface area contributed by atoms with Crippen LogP contribution in [0.15, 0.2) is 12.1 Å². The molecule has 4 heteroatoms. The average Bonchev–Trinajstić information content (AvgIpc) is 3.19. The van der Waals surface area contributed by atoms with Crippen LogP contribution in [0.5, 0.6) is 23.0 Å². The van der Waals surface area contributed by atoms with Crippen LogP contribution in [0.4, 0.5) is 0 Å². The zero-order valence-corrected chi connectivity index (χ0v) is 22.2. The van der Waals surface area contributed by atoms with Gasteiger partial charge in [0.25, 0.3) is 0 Å². The molecule has 2 saturated carbocycles. The number of aromatic hydroxyl groups is 4. The molecule has 0 amide bonds. The van der Waals surface area contributed by atoms with Crippen molar-refractivity contribution in [3.05, 3.63) is 34.4 Å². The van der Waals surface area contributed by atoms with E-state index < -0.39 is 0 Å². The molecule has 186 valence electrons. The Morgan fingerprint density at radius 2 is 0.853 bits per heavy atom. The van der Waals surface area contributed by atoms with Crippen LogP contribution < -0.4 is 0 Å². The molecule has 0 aliphatic heterocycles. The third kappa shape index (κ3) is 3.17. The maximum Gasteiger partial charge on any atom is 0.161 e. The fourth-order valence-corrected chi connectivity index (χ4v) is 6.90. The summed E-state index contributed by atoms with van der Waals surface area (Å²) in [6, 6.07) is 4.03. The van der Waals surface area contributed by atoms with Crippen LogP contribution in [0.1, 0.15) is 102 Å². The highest BCUT2D eigenvalue weighted by Gasteiger charge is 2.49. The average molecular weight is 467 g/mol. The van der Waals surface area contributed by atoms with Gasteiger partial charge in [-0.05, 0) is 73.6 Å². The molecule has 0 saturated heterocycles. The van der Waals surface area contributed by atoms with Crippen LogP contribution in [-0.2, 0) is 10.8 Å². The summed E-state index contributed by atoms with van der Waals surface area (Å²) in [7, 11) is 0. The molecule has 0 aromatic heterocycles. The lowest BCUT2D eigenvalue weighted by Crippen LogP contribution is -2.34. The van der Waals surface area contributed by atoms with Gasteiger partial charge in [0.15, 0.2) is 23.0 Å². The Labute approximate surface area is 204 Å². The third-order valence-electron chi connectivity index (χ3n) is 10.5. The number of phenols is 4. The number of benzene rings is 2. The quantitative estimate of drug-likeness (QED) is 0.349. The highest BCUT2D eigenvalue weighted by Crippen LogP contribution is 2.60. The van der Waals surface area contributed by atoms with Crippen LogP contribution in [0, 0.1) is 24.7 Å². The Hall–Kier alpha value is -2.36. The van der Waals surface area contributed by atoms with E-state index in [2.05, 4.69) is 41.5 Å². The number of phenolic OH excluding ortho intramolecular Hbond substituents is 4. The summed E-state index contributed by atoms with van der Waals surface area (Å²) < 4.78 is 0. The molecule has 2 fully saturated rings. The fourth-order valence-electron chi connectivity index (χ4n) is 6.90. The molecule has 4 N–H and O–H groups in total. The minimum Gasteiger partial charge on any atom is -0.504 e. The molecule has 2 aliphatic carbocycles. The monoisotopic (exact) mass is 466 g/mol. The predicted octanol–water partition coefficient (Wildman–Crippen LogP) is 7.73. The minimum absolute atomic E-state index is 0.0257. The maximum absolute atomic E-state index is 11.1. The molecule has 34 heavy (non-hydrogen) atoms. The van der Waals surface area contributed by atoms with Crippen molar-refractivity contribution in [2.45, 2.75) is 105 Å². The summed E-state index contributed by atoms with van der Waals surface area (Å²) in [5.74, 6) is -0.276. The van der Waals surface area contributed by atoms with E-state index in [1.807, 2.05) is 12.1 Å². The number of rotatable bonds is 3. The molecule has 0 heterocycles. The molecule has 2 aromatic carbocycles. The first kappa shape index (κ1) is 24.8. The van der Waals surface area contributed by atoms with Crippen molar-refractivity contribution in [1.82, 2.24) is 0 Å². The van der Waals surface area contributed by atoms with E-state index in [0.29, 0.717) is 11.1 Å². The van der Waals surface area contributed by atoms with Gasteiger partial charge in [0.1, 0.15) is 0 Å². The largest absolute Gasteiger partial charge is 0.504 e. The highest BCUT2D eigenvalue weighted by atomic mass is 16.3. The van der Waals surface area contributed by atoms with Crippen LogP contribution in [0.25, 0.3) is 11.1 Å². The van der Waals surface area contributed by atoms with Crippen molar-refractivity contribution < 1.29 is 20.4 Å². The molecule has 2 aromatic rings. The molecule has 0 bridgehead atoms. The molecule has 0 spiro atoms. The van der Waals surface area contributed by atoms with Gasteiger partial charge in [-0.2, -0.15) is 0 Å². The van der Waals surface area contributed by atoms with Gasteiger partial charge in [-0.3, -0.25) is 0 Å². The molecular weight excluding hydrogens is 424 g/mol. The van der Waals surface area contributed by atoms with E-state index in [0.717, 1.165) is 60.8 Å². The predicted molar refractivity (Wildman–Crippen MR) is 138 cm³/mol. The zero-order valence-electron chi connectivity index (χ0n) is 22.2. The lowest BCUT2D eigenvalue weighted by Gasteiger charge is -2.40.